The first-order chi connectivity index (χ1) is 5.26. The van der Waals surface area contributed by atoms with Crippen LogP contribution in [0.15, 0.2) is 12.2 Å². The molecule has 2 heteroatoms. The Morgan fingerprint density at radius 3 is 2.64 bits per heavy atom. The zero-order valence-electron chi connectivity index (χ0n) is 6.30. The minimum absolute atomic E-state index is 0.0417. The molecule has 1 fully saturated rings. The van der Waals surface area contributed by atoms with Gasteiger partial charge in [0.15, 0.2) is 5.78 Å². The lowest BCUT2D eigenvalue weighted by atomic mass is 9.82. The monoisotopic (exact) mass is 150 g/mol. The number of allylic oxidation sites excluding steroid dienone is 2. The van der Waals surface area contributed by atoms with Gasteiger partial charge in [0.05, 0.1) is 5.41 Å². The Morgan fingerprint density at radius 1 is 1.36 bits per heavy atom. The number of carbonyl (C=O) groups is 2. The number of hydrogen-bond acceptors (Lipinski definition) is 2. The number of carbonyl (C=O) groups excluding carboxylic acids is 2. The van der Waals surface area contributed by atoms with Crippen molar-refractivity contribution in [2.24, 2.45) is 5.41 Å². The van der Waals surface area contributed by atoms with E-state index < -0.39 is 5.41 Å². The molecule has 11 heavy (non-hydrogen) atoms. The minimum atomic E-state index is -0.583. The molecular weight excluding hydrogens is 140 g/mol. The third kappa shape index (κ3) is 0.724. The van der Waals surface area contributed by atoms with Crippen LogP contribution in [0.3, 0.4) is 0 Å². The Morgan fingerprint density at radius 2 is 2.18 bits per heavy atom. The summed E-state index contributed by atoms with van der Waals surface area (Å²) in [7, 11) is 0. The maximum atomic E-state index is 11.3. The molecule has 0 heterocycles. The van der Waals surface area contributed by atoms with Crippen molar-refractivity contribution in [2.75, 3.05) is 0 Å². The first kappa shape index (κ1) is 6.77. The summed E-state index contributed by atoms with van der Waals surface area (Å²) in [5.41, 5.74) is -0.583. The van der Waals surface area contributed by atoms with E-state index in [9.17, 15) is 9.59 Å². The van der Waals surface area contributed by atoms with Crippen LogP contribution in [0.5, 0.6) is 0 Å². The van der Waals surface area contributed by atoms with E-state index >= 15 is 0 Å². The maximum absolute atomic E-state index is 11.3. The van der Waals surface area contributed by atoms with Gasteiger partial charge >= 0.3 is 0 Å². The zero-order chi connectivity index (χ0) is 7.90. The fourth-order valence-corrected chi connectivity index (χ4v) is 2.03. The number of ketones is 2. The molecule has 0 unspecified atom stereocenters. The van der Waals surface area contributed by atoms with Crippen molar-refractivity contribution >= 4 is 11.6 Å². The first-order valence-corrected chi connectivity index (χ1v) is 4.00. The van der Waals surface area contributed by atoms with Gasteiger partial charge in [-0.15, -0.1) is 0 Å². The predicted octanol–water partition coefficient (Wildman–Crippen LogP) is 1.25. The molecule has 2 aliphatic rings. The predicted molar refractivity (Wildman–Crippen MR) is 40.1 cm³/mol. The molecular formula is C9H10O2. The van der Waals surface area contributed by atoms with E-state index in [4.69, 9.17) is 0 Å². The Balaban J connectivity index is 2.36. The van der Waals surface area contributed by atoms with Crippen molar-refractivity contribution in [3.8, 4) is 0 Å². The van der Waals surface area contributed by atoms with Gasteiger partial charge in [-0.05, 0) is 25.3 Å². The lowest BCUT2D eigenvalue weighted by Gasteiger charge is -2.17. The molecule has 0 bridgehead atoms. The number of rotatable bonds is 0. The highest BCUT2D eigenvalue weighted by molar-refractivity contribution is 6.14. The molecule has 0 aromatic heterocycles. The summed E-state index contributed by atoms with van der Waals surface area (Å²) in [6.45, 7) is 0. The molecule has 0 saturated heterocycles. The highest BCUT2D eigenvalue weighted by atomic mass is 16.2. The molecule has 1 spiro atoms. The summed E-state index contributed by atoms with van der Waals surface area (Å²) >= 11 is 0. The first-order valence-electron chi connectivity index (χ1n) is 4.00. The van der Waals surface area contributed by atoms with Crippen molar-refractivity contribution in [3.63, 3.8) is 0 Å². The van der Waals surface area contributed by atoms with Crippen molar-refractivity contribution in [1.29, 1.82) is 0 Å². The van der Waals surface area contributed by atoms with Crippen LogP contribution >= 0.6 is 0 Å². The van der Waals surface area contributed by atoms with Crippen molar-refractivity contribution in [1.82, 2.24) is 0 Å². The second-order valence-corrected chi connectivity index (χ2v) is 3.33. The summed E-state index contributed by atoms with van der Waals surface area (Å²) in [5.74, 6) is 0.201. The molecule has 0 N–H and O–H groups in total. The van der Waals surface area contributed by atoms with Gasteiger partial charge in [0, 0.05) is 6.42 Å². The van der Waals surface area contributed by atoms with Crippen LogP contribution in [-0.2, 0) is 9.59 Å². The Hall–Kier alpha value is -0.920. The number of Topliss-reactive ketones (excluding diaryl/α,β-unsaturated/α-hetero) is 1. The summed E-state index contributed by atoms with van der Waals surface area (Å²) in [5, 5.41) is 0. The van der Waals surface area contributed by atoms with E-state index in [0.29, 0.717) is 12.8 Å². The molecule has 2 aliphatic carbocycles. The topological polar surface area (TPSA) is 34.1 Å². The van der Waals surface area contributed by atoms with Crippen LogP contribution in [0.25, 0.3) is 0 Å². The molecule has 0 aromatic carbocycles. The molecule has 58 valence electrons. The second-order valence-electron chi connectivity index (χ2n) is 3.33. The minimum Gasteiger partial charge on any atom is -0.299 e. The summed E-state index contributed by atoms with van der Waals surface area (Å²) < 4.78 is 0. The van der Waals surface area contributed by atoms with Gasteiger partial charge in [0.1, 0.15) is 5.78 Å². The average molecular weight is 150 g/mol. The van der Waals surface area contributed by atoms with Gasteiger partial charge in [-0.2, -0.15) is 0 Å². The Labute approximate surface area is 65.3 Å². The molecule has 2 rings (SSSR count). The molecule has 2 nitrogen and oxygen atoms in total. The second kappa shape index (κ2) is 2.03. The normalized spacial score (nSPS) is 36.0. The Kier molecular flexibility index (Phi) is 1.25. The van der Waals surface area contributed by atoms with Crippen molar-refractivity contribution in [3.05, 3.63) is 12.2 Å². The standard InChI is InChI=1S/C9H10O2/c10-7-3-1-5-9(7)6-2-4-8(9)11/h1,3H,2,4-6H2/t9-/m1/s1. The molecule has 0 aromatic rings. The van der Waals surface area contributed by atoms with Crippen LogP contribution in [0.2, 0.25) is 0 Å². The van der Waals surface area contributed by atoms with E-state index in [1.165, 1.54) is 0 Å². The van der Waals surface area contributed by atoms with Gasteiger partial charge < -0.3 is 0 Å². The summed E-state index contributed by atoms with van der Waals surface area (Å²) in [6, 6.07) is 0. The lowest BCUT2D eigenvalue weighted by molar-refractivity contribution is -0.134. The van der Waals surface area contributed by atoms with Gasteiger partial charge in [-0.1, -0.05) is 6.08 Å². The molecule has 0 radical (unpaired) electrons. The van der Waals surface area contributed by atoms with Crippen molar-refractivity contribution in [2.45, 2.75) is 25.7 Å². The largest absolute Gasteiger partial charge is 0.299 e. The third-order valence-corrected chi connectivity index (χ3v) is 2.75. The lowest BCUT2D eigenvalue weighted by Crippen LogP contribution is -2.30. The SMILES string of the molecule is O=C1C=CC[C@@]12CCCC2=O. The van der Waals surface area contributed by atoms with Crippen LogP contribution in [0.4, 0.5) is 0 Å². The highest BCUT2D eigenvalue weighted by Crippen LogP contribution is 2.42. The number of hydrogen-bond donors (Lipinski definition) is 0. The molecule has 1 atom stereocenters. The molecule has 1 saturated carbocycles. The van der Waals surface area contributed by atoms with Crippen molar-refractivity contribution < 1.29 is 9.59 Å². The third-order valence-electron chi connectivity index (χ3n) is 2.75. The van der Waals surface area contributed by atoms with Gasteiger partial charge in [-0.3, -0.25) is 9.59 Å². The van der Waals surface area contributed by atoms with Crippen LogP contribution in [0.1, 0.15) is 25.7 Å². The van der Waals surface area contributed by atoms with E-state index in [-0.39, 0.29) is 11.6 Å². The quantitative estimate of drug-likeness (QED) is 0.487. The van der Waals surface area contributed by atoms with E-state index in [2.05, 4.69) is 0 Å². The fraction of sp³-hybridized carbons (Fsp3) is 0.556. The molecule has 0 aliphatic heterocycles. The van der Waals surface area contributed by atoms with Crippen LogP contribution < -0.4 is 0 Å². The van der Waals surface area contributed by atoms with Crippen LogP contribution in [-0.4, -0.2) is 11.6 Å². The summed E-state index contributed by atoms with van der Waals surface area (Å²) in [6.07, 6.45) is 6.32. The van der Waals surface area contributed by atoms with Crippen LogP contribution in [0, 0.1) is 5.41 Å². The molecule has 0 amide bonds. The zero-order valence-corrected chi connectivity index (χ0v) is 6.30. The van der Waals surface area contributed by atoms with Gasteiger partial charge in [0.25, 0.3) is 0 Å². The highest BCUT2D eigenvalue weighted by Gasteiger charge is 2.48. The smallest absolute Gasteiger partial charge is 0.169 e. The average Bonchev–Trinajstić information content (AvgIpc) is 2.48. The maximum Gasteiger partial charge on any atom is 0.169 e. The fourth-order valence-electron chi connectivity index (χ4n) is 2.03. The Bertz CT molecular complexity index is 252. The van der Waals surface area contributed by atoms with E-state index in [1.807, 2.05) is 6.08 Å². The van der Waals surface area contributed by atoms with E-state index in [0.717, 1.165) is 12.8 Å². The summed E-state index contributed by atoms with van der Waals surface area (Å²) in [4.78, 5) is 22.6. The van der Waals surface area contributed by atoms with Gasteiger partial charge in [-0.25, -0.2) is 0 Å². The van der Waals surface area contributed by atoms with E-state index in [1.54, 1.807) is 6.08 Å². The van der Waals surface area contributed by atoms with Gasteiger partial charge in [0.2, 0.25) is 0 Å².